The van der Waals surface area contributed by atoms with Crippen LogP contribution in [0.15, 0.2) is 0 Å². The Balaban J connectivity index is 2.30. The summed E-state index contributed by atoms with van der Waals surface area (Å²) in [5.41, 5.74) is 0.116. The van der Waals surface area contributed by atoms with Gasteiger partial charge in [-0.15, -0.1) is 0 Å². The van der Waals surface area contributed by atoms with E-state index in [2.05, 4.69) is 13.8 Å². The van der Waals surface area contributed by atoms with E-state index in [1.165, 1.54) is 0 Å². The number of fused-ring (bicyclic) bond motifs is 2. The molecule has 3 aliphatic rings. The molecule has 3 fully saturated rings. The molecule has 2 atom stereocenters. The minimum atomic E-state index is -0.134. The SMILES string of the molecule is CC1(C)C2CC(=O)C(=O)C1C2. The third kappa shape index (κ3) is 0.673. The van der Waals surface area contributed by atoms with Crippen LogP contribution in [0.25, 0.3) is 0 Å². The lowest BCUT2D eigenvalue weighted by Crippen LogP contribution is -2.56. The number of rotatable bonds is 0. The van der Waals surface area contributed by atoms with Crippen molar-refractivity contribution in [3.8, 4) is 0 Å². The second-order valence-corrected chi connectivity index (χ2v) is 4.30. The summed E-state index contributed by atoms with van der Waals surface area (Å²) in [5.74, 6) is 0.287. The van der Waals surface area contributed by atoms with Gasteiger partial charge in [0.25, 0.3) is 0 Å². The Morgan fingerprint density at radius 2 is 2.00 bits per heavy atom. The van der Waals surface area contributed by atoms with E-state index in [0.717, 1.165) is 6.42 Å². The van der Waals surface area contributed by atoms with Gasteiger partial charge in [0, 0.05) is 12.3 Å². The standard InChI is InChI=1S/C9H12O2/c1-9(2)5-3-6(9)8(11)7(10)4-5/h5-6H,3-4H2,1-2H3. The highest BCUT2D eigenvalue weighted by atomic mass is 16.2. The van der Waals surface area contributed by atoms with Gasteiger partial charge in [0.1, 0.15) is 0 Å². The third-order valence-corrected chi connectivity index (χ3v) is 3.49. The third-order valence-electron chi connectivity index (χ3n) is 3.49. The molecule has 60 valence electrons. The Morgan fingerprint density at radius 1 is 1.36 bits per heavy atom. The van der Waals surface area contributed by atoms with Gasteiger partial charge in [-0.25, -0.2) is 0 Å². The lowest BCUT2D eigenvalue weighted by Gasteiger charge is -2.54. The molecular weight excluding hydrogens is 140 g/mol. The molecule has 0 saturated heterocycles. The molecule has 0 spiro atoms. The molecule has 3 rings (SSSR count). The zero-order valence-corrected chi connectivity index (χ0v) is 6.89. The van der Waals surface area contributed by atoms with Gasteiger partial charge in [-0.2, -0.15) is 0 Å². The fourth-order valence-electron chi connectivity index (χ4n) is 2.33. The highest BCUT2D eigenvalue weighted by Gasteiger charge is 2.57. The maximum absolute atomic E-state index is 11.2. The Kier molecular flexibility index (Phi) is 1.11. The summed E-state index contributed by atoms with van der Waals surface area (Å²) >= 11 is 0. The van der Waals surface area contributed by atoms with E-state index >= 15 is 0 Å². The fourth-order valence-corrected chi connectivity index (χ4v) is 2.33. The van der Waals surface area contributed by atoms with E-state index in [1.807, 2.05) is 0 Å². The molecule has 0 heterocycles. The Morgan fingerprint density at radius 3 is 2.36 bits per heavy atom. The number of carbonyl (C=O) groups is 2. The molecule has 0 aromatic rings. The lowest BCUT2D eigenvalue weighted by molar-refractivity contribution is -0.160. The first-order valence-corrected chi connectivity index (χ1v) is 4.10. The van der Waals surface area contributed by atoms with Crippen LogP contribution in [0.3, 0.4) is 0 Å². The molecule has 2 nitrogen and oxygen atoms in total. The molecule has 11 heavy (non-hydrogen) atoms. The van der Waals surface area contributed by atoms with Crippen LogP contribution in [0.1, 0.15) is 26.7 Å². The first kappa shape index (κ1) is 7.01. The van der Waals surface area contributed by atoms with Gasteiger partial charge in [-0.05, 0) is 17.8 Å². The summed E-state index contributed by atoms with van der Waals surface area (Å²) in [7, 11) is 0. The largest absolute Gasteiger partial charge is 0.291 e. The Hall–Kier alpha value is -0.660. The normalized spacial score (nSPS) is 40.2. The molecular formula is C9H12O2. The summed E-state index contributed by atoms with van der Waals surface area (Å²) in [6, 6.07) is 0. The number of hydrogen-bond donors (Lipinski definition) is 0. The number of Topliss-reactive ketones (excluding diaryl/α,β-unsaturated/α-hetero) is 2. The molecule has 0 radical (unpaired) electrons. The van der Waals surface area contributed by atoms with Gasteiger partial charge < -0.3 is 0 Å². The monoisotopic (exact) mass is 152 g/mol. The smallest absolute Gasteiger partial charge is 0.202 e. The zero-order chi connectivity index (χ0) is 8.22. The van der Waals surface area contributed by atoms with Crippen molar-refractivity contribution in [2.45, 2.75) is 26.7 Å². The van der Waals surface area contributed by atoms with Gasteiger partial charge in [0.2, 0.25) is 5.78 Å². The number of hydrogen-bond acceptors (Lipinski definition) is 2. The van der Waals surface area contributed by atoms with Crippen molar-refractivity contribution >= 4 is 11.6 Å². The molecule has 0 aromatic heterocycles. The van der Waals surface area contributed by atoms with Crippen LogP contribution in [0.4, 0.5) is 0 Å². The molecule has 2 bridgehead atoms. The lowest BCUT2D eigenvalue weighted by atomic mass is 9.48. The molecule has 0 N–H and O–H groups in total. The van der Waals surface area contributed by atoms with Crippen LogP contribution < -0.4 is 0 Å². The van der Waals surface area contributed by atoms with Gasteiger partial charge in [0.05, 0.1) is 0 Å². The fraction of sp³-hybridized carbons (Fsp3) is 0.778. The average Bonchev–Trinajstić information content (AvgIpc) is 1.93. The second kappa shape index (κ2) is 1.74. The molecule has 2 heteroatoms. The molecule has 0 aromatic carbocycles. The van der Waals surface area contributed by atoms with E-state index in [-0.39, 0.29) is 22.9 Å². The average molecular weight is 152 g/mol. The van der Waals surface area contributed by atoms with Gasteiger partial charge in [-0.1, -0.05) is 13.8 Å². The van der Waals surface area contributed by atoms with Gasteiger partial charge in [0.15, 0.2) is 5.78 Å². The molecule has 0 aliphatic heterocycles. The van der Waals surface area contributed by atoms with Crippen LogP contribution in [0.5, 0.6) is 0 Å². The van der Waals surface area contributed by atoms with Crippen molar-refractivity contribution in [2.24, 2.45) is 17.3 Å². The van der Waals surface area contributed by atoms with Crippen LogP contribution in [0.2, 0.25) is 0 Å². The molecule has 0 amide bonds. The predicted molar refractivity (Wildman–Crippen MR) is 40.0 cm³/mol. The first-order chi connectivity index (χ1) is 5.03. The maximum Gasteiger partial charge on any atom is 0.202 e. The second-order valence-electron chi connectivity index (χ2n) is 4.30. The summed E-state index contributed by atoms with van der Waals surface area (Å²) < 4.78 is 0. The maximum atomic E-state index is 11.2. The van der Waals surface area contributed by atoms with Crippen LogP contribution >= 0.6 is 0 Å². The summed E-state index contributed by atoms with van der Waals surface area (Å²) in [4.78, 5) is 22.2. The van der Waals surface area contributed by atoms with Crippen molar-refractivity contribution in [1.29, 1.82) is 0 Å². The minimum Gasteiger partial charge on any atom is -0.291 e. The summed E-state index contributed by atoms with van der Waals surface area (Å²) in [5, 5.41) is 0. The van der Waals surface area contributed by atoms with E-state index in [1.54, 1.807) is 0 Å². The van der Waals surface area contributed by atoms with E-state index in [0.29, 0.717) is 12.3 Å². The topological polar surface area (TPSA) is 34.1 Å². The summed E-state index contributed by atoms with van der Waals surface area (Å²) in [6.07, 6.45) is 1.46. The van der Waals surface area contributed by atoms with Crippen molar-refractivity contribution in [3.63, 3.8) is 0 Å². The van der Waals surface area contributed by atoms with E-state index in [9.17, 15) is 9.59 Å². The van der Waals surface area contributed by atoms with Crippen LogP contribution in [-0.4, -0.2) is 11.6 Å². The van der Waals surface area contributed by atoms with E-state index < -0.39 is 0 Å². The molecule has 3 saturated carbocycles. The number of ketones is 2. The minimum absolute atomic E-state index is 0.0498. The van der Waals surface area contributed by atoms with Crippen LogP contribution in [-0.2, 0) is 9.59 Å². The first-order valence-electron chi connectivity index (χ1n) is 4.10. The molecule has 2 unspecified atom stereocenters. The zero-order valence-electron chi connectivity index (χ0n) is 6.89. The summed E-state index contributed by atoms with van der Waals surface area (Å²) in [6.45, 7) is 4.19. The highest BCUT2D eigenvalue weighted by molar-refractivity contribution is 6.39. The highest BCUT2D eigenvalue weighted by Crippen LogP contribution is 2.56. The van der Waals surface area contributed by atoms with E-state index in [4.69, 9.17) is 0 Å². The molecule has 3 aliphatic carbocycles. The van der Waals surface area contributed by atoms with Gasteiger partial charge >= 0.3 is 0 Å². The Bertz CT molecular complexity index is 240. The van der Waals surface area contributed by atoms with Crippen LogP contribution in [0, 0.1) is 17.3 Å². The number of carbonyl (C=O) groups excluding carboxylic acids is 2. The quantitative estimate of drug-likeness (QED) is 0.488. The predicted octanol–water partition coefficient (Wildman–Crippen LogP) is 1.19. The van der Waals surface area contributed by atoms with Crippen molar-refractivity contribution in [3.05, 3.63) is 0 Å². The van der Waals surface area contributed by atoms with Crippen molar-refractivity contribution in [2.75, 3.05) is 0 Å². The van der Waals surface area contributed by atoms with Crippen molar-refractivity contribution < 1.29 is 9.59 Å². The Labute approximate surface area is 66.0 Å². The van der Waals surface area contributed by atoms with Crippen molar-refractivity contribution in [1.82, 2.24) is 0 Å². The van der Waals surface area contributed by atoms with Gasteiger partial charge in [-0.3, -0.25) is 9.59 Å².